The van der Waals surface area contributed by atoms with Crippen molar-refractivity contribution >= 4 is 52.3 Å². The molecule has 1 aromatic heterocycles. The van der Waals surface area contributed by atoms with E-state index in [0.29, 0.717) is 11.1 Å². The summed E-state index contributed by atoms with van der Waals surface area (Å²) in [5.74, 6) is -0.601. The fraction of sp³-hybridized carbons (Fsp3) is 0.125. The van der Waals surface area contributed by atoms with Gasteiger partial charge in [-0.1, -0.05) is 24.3 Å². The number of hydrogen-bond donors (Lipinski definition) is 2. The van der Waals surface area contributed by atoms with Crippen LogP contribution in [0.3, 0.4) is 0 Å². The van der Waals surface area contributed by atoms with Gasteiger partial charge in [-0.2, -0.15) is 4.37 Å². The molecule has 3 aromatic rings. The highest BCUT2D eigenvalue weighted by Crippen LogP contribution is 2.22. The minimum absolute atomic E-state index is 0. The molecular weight excluding hydrogens is 372 g/mol. The number of halogens is 3. The molecule has 0 spiro atoms. The van der Waals surface area contributed by atoms with Crippen LogP contribution in [0.5, 0.6) is 0 Å². The molecule has 0 aliphatic carbocycles. The highest BCUT2D eigenvalue weighted by molar-refractivity contribution is 7.13. The predicted molar refractivity (Wildman–Crippen MR) is 99.6 cm³/mol. The first-order chi connectivity index (χ1) is 10.7. The van der Waals surface area contributed by atoms with Crippen LogP contribution < -0.4 is 11.1 Å². The molecule has 0 radical (unpaired) electrons. The summed E-state index contributed by atoms with van der Waals surface area (Å²) in [5.41, 5.74) is 7.18. The van der Waals surface area contributed by atoms with Crippen LogP contribution in [0.25, 0.3) is 10.1 Å². The summed E-state index contributed by atoms with van der Waals surface area (Å²) < 4.78 is 18.8. The first kappa shape index (κ1) is 20.3. The Morgan fingerprint density at radius 2 is 2.04 bits per heavy atom. The topological polar surface area (TPSA) is 68.0 Å². The van der Waals surface area contributed by atoms with Crippen molar-refractivity contribution < 1.29 is 9.18 Å². The lowest BCUT2D eigenvalue weighted by molar-refractivity contribution is 0.0952. The number of rotatable bonds is 4. The molecule has 0 unspecified atom stereocenters. The SMILES string of the molecule is Cl.Cl.NCc1ccc(CNC(=O)c2cccc3cnsc23)c(F)c1. The van der Waals surface area contributed by atoms with Gasteiger partial charge in [-0.15, -0.1) is 24.8 Å². The number of nitrogens with one attached hydrogen (secondary N) is 1. The molecular formula is C16H16Cl2FN3OS. The third-order valence-electron chi connectivity index (χ3n) is 3.42. The van der Waals surface area contributed by atoms with Gasteiger partial charge in [0.05, 0.1) is 10.3 Å². The Kier molecular flexibility index (Phi) is 7.57. The van der Waals surface area contributed by atoms with Crippen LogP contribution in [0.4, 0.5) is 4.39 Å². The Bertz CT molecular complexity index is 841. The molecule has 3 rings (SSSR count). The summed E-state index contributed by atoms with van der Waals surface area (Å²) in [5, 5.41) is 3.67. The number of fused-ring (bicyclic) bond motifs is 1. The van der Waals surface area contributed by atoms with Gasteiger partial charge >= 0.3 is 0 Å². The molecule has 0 aliphatic heterocycles. The Morgan fingerprint density at radius 1 is 1.25 bits per heavy atom. The molecule has 0 atom stereocenters. The van der Waals surface area contributed by atoms with Crippen molar-refractivity contribution in [1.29, 1.82) is 0 Å². The van der Waals surface area contributed by atoms with Crippen LogP contribution in [0, 0.1) is 5.82 Å². The van der Waals surface area contributed by atoms with E-state index >= 15 is 0 Å². The number of carbonyl (C=O) groups excluding carboxylic acids is 1. The lowest BCUT2D eigenvalue weighted by Gasteiger charge is -2.08. The van der Waals surface area contributed by atoms with Gasteiger partial charge < -0.3 is 11.1 Å². The zero-order valence-electron chi connectivity index (χ0n) is 12.5. The maximum Gasteiger partial charge on any atom is 0.253 e. The molecule has 4 nitrogen and oxygen atoms in total. The van der Waals surface area contributed by atoms with Crippen molar-refractivity contribution in [3.63, 3.8) is 0 Å². The largest absolute Gasteiger partial charge is 0.348 e. The van der Waals surface area contributed by atoms with Gasteiger partial charge in [-0.3, -0.25) is 4.79 Å². The van der Waals surface area contributed by atoms with Gasteiger partial charge in [0.25, 0.3) is 5.91 Å². The van der Waals surface area contributed by atoms with Crippen LogP contribution >= 0.6 is 36.3 Å². The summed E-state index contributed by atoms with van der Waals surface area (Å²) in [6.45, 7) is 0.418. The standard InChI is InChI=1S/C16H14FN3OS.2ClH/c17-14-6-10(7-18)4-5-11(14)8-19-16(21)13-3-1-2-12-9-20-22-15(12)13;;/h1-6,9H,7-8,18H2,(H,19,21);2*1H. The normalized spacial score (nSPS) is 9.92. The zero-order chi connectivity index (χ0) is 15.5. The first-order valence-corrected chi connectivity index (χ1v) is 7.55. The molecule has 0 saturated heterocycles. The summed E-state index contributed by atoms with van der Waals surface area (Å²) in [4.78, 5) is 12.3. The van der Waals surface area contributed by atoms with Crippen molar-refractivity contribution in [2.75, 3.05) is 0 Å². The molecule has 128 valence electrons. The van der Waals surface area contributed by atoms with Gasteiger partial charge in [0.15, 0.2) is 0 Å². The third-order valence-corrected chi connectivity index (χ3v) is 4.27. The summed E-state index contributed by atoms with van der Waals surface area (Å²) >= 11 is 1.27. The van der Waals surface area contributed by atoms with Gasteiger partial charge in [0, 0.05) is 30.2 Å². The average Bonchev–Trinajstić information content (AvgIpc) is 3.01. The highest BCUT2D eigenvalue weighted by atomic mass is 35.5. The van der Waals surface area contributed by atoms with Crippen molar-refractivity contribution in [2.24, 2.45) is 5.73 Å². The van der Waals surface area contributed by atoms with Crippen molar-refractivity contribution in [3.05, 3.63) is 65.1 Å². The lowest BCUT2D eigenvalue weighted by Crippen LogP contribution is -2.23. The number of hydrogen-bond acceptors (Lipinski definition) is 4. The number of amides is 1. The number of aromatic nitrogens is 1. The fourth-order valence-electron chi connectivity index (χ4n) is 2.20. The summed E-state index contributed by atoms with van der Waals surface area (Å²) in [6.07, 6.45) is 1.72. The van der Waals surface area contributed by atoms with Gasteiger partial charge in [0.1, 0.15) is 5.82 Å². The van der Waals surface area contributed by atoms with E-state index < -0.39 is 0 Å². The monoisotopic (exact) mass is 387 g/mol. The highest BCUT2D eigenvalue weighted by Gasteiger charge is 2.12. The third kappa shape index (κ3) is 4.21. The second kappa shape index (κ2) is 8.94. The number of nitrogens with zero attached hydrogens (tertiary/aromatic N) is 1. The fourth-order valence-corrected chi connectivity index (χ4v) is 2.96. The van der Waals surface area contributed by atoms with Crippen molar-refractivity contribution in [3.8, 4) is 0 Å². The maximum atomic E-state index is 13.9. The predicted octanol–water partition coefficient (Wildman–Crippen LogP) is 3.67. The molecule has 8 heteroatoms. The molecule has 24 heavy (non-hydrogen) atoms. The molecule has 0 fully saturated rings. The van der Waals surface area contributed by atoms with E-state index in [4.69, 9.17) is 5.73 Å². The van der Waals surface area contributed by atoms with Crippen LogP contribution in [-0.2, 0) is 13.1 Å². The smallest absolute Gasteiger partial charge is 0.253 e. The van der Waals surface area contributed by atoms with E-state index in [0.717, 1.165) is 15.6 Å². The molecule has 0 aliphatic rings. The van der Waals surface area contributed by atoms with Crippen LogP contribution in [0.15, 0.2) is 42.6 Å². The maximum absolute atomic E-state index is 13.9. The Morgan fingerprint density at radius 3 is 2.75 bits per heavy atom. The molecule has 0 bridgehead atoms. The molecule has 3 N–H and O–H groups in total. The van der Waals surface area contributed by atoms with E-state index in [1.165, 1.54) is 17.6 Å². The average molecular weight is 388 g/mol. The molecule has 2 aromatic carbocycles. The van der Waals surface area contributed by atoms with E-state index in [-0.39, 0.29) is 49.6 Å². The Hall–Kier alpha value is -1.73. The molecule has 1 amide bonds. The van der Waals surface area contributed by atoms with Crippen LogP contribution in [0.1, 0.15) is 21.5 Å². The zero-order valence-corrected chi connectivity index (χ0v) is 14.9. The van der Waals surface area contributed by atoms with Gasteiger partial charge in [-0.25, -0.2) is 4.39 Å². The van der Waals surface area contributed by atoms with E-state index in [1.807, 2.05) is 12.1 Å². The number of nitrogens with two attached hydrogens (primary N) is 1. The number of carbonyl (C=O) groups is 1. The summed E-state index contributed by atoms with van der Waals surface area (Å²) in [7, 11) is 0. The van der Waals surface area contributed by atoms with Crippen LogP contribution in [-0.4, -0.2) is 10.3 Å². The minimum Gasteiger partial charge on any atom is -0.348 e. The number of benzene rings is 2. The minimum atomic E-state index is -0.362. The molecule has 0 saturated carbocycles. The molecule has 1 heterocycles. The summed E-state index contributed by atoms with van der Waals surface area (Å²) in [6, 6.07) is 10.2. The second-order valence-electron chi connectivity index (χ2n) is 4.86. The van der Waals surface area contributed by atoms with Gasteiger partial charge in [0.2, 0.25) is 0 Å². The van der Waals surface area contributed by atoms with E-state index in [9.17, 15) is 9.18 Å². The quantitative estimate of drug-likeness (QED) is 0.717. The van der Waals surface area contributed by atoms with E-state index in [2.05, 4.69) is 9.69 Å². The van der Waals surface area contributed by atoms with E-state index in [1.54, 1.807) is 24.4 Å². The Labute approximate surface area is 155 Å². The lowest BCUT2D eigenvalue weighted by atomic mass is 10.1. The second-order valence-corrected chi connectivity index (χ2v) is 5.66. The Balaban J connectivity index is 0.00000144. The van der Waals surface area contributed by atoms with Gasteiger partial charge in [-0.05, 0) is 29.2 Å². The van der Waals surface area contributed by atoms with Crippen molar-refractivity contribution in [1.82, 2.24) is 9.69 Å². The van der Waals surface area contributed by atoms with Crippen molar-refractivity contribution in [2.45, 2.75) is 13.1 Å². The van der Waals surface area contributed by atoms with Crippen LogP contribution in [0.2, 0.25) is 0 Å². The first-order valence-electron chi connectivity index (χ1n) is 6.78.